The number of aromatic amines is 1. The lowest BCUT2D eigenvalue weighted by Crippen LogP contribution is -2.22. The molecular formula is C14H14N4OS. The van der Waals surface area contributed by atoms with Crippen molar-refractivity contribution in [1.82, 2.24) is 20.3 Å². The van der Waals surface area contributed by atoms with Gasteiger partial charge in [-0.3, -0.25) is 9.78 Å². The maximum Gasteiger partial charge on any atom is 0.268 e. The van der Waals surface area contributed by atoms with Crippen molar-refractivity contribution in [3.63, 3.8) is 0 Å². The van der Waals surface area contributed by atoms with E-state index in [1.165, 1.54) is 11.3 Å². The van der Waals surface area contributed by atoms with E-state index in [0.29, 0.717) is 17.1 Å². The highest BCUT2D eigenvalue weighted by atomic mass is 32.1. The van der Waals surface area contributed by atoms with E-state index in [9.17, 15) is 4.79 Å². The molecule has 0 fully saturated rings. The molecule has 0 aliphatic heterocycles. The first kappa shape index (κ1) is 13.0. The van der Waals surface area contributed by atoms with Crippen LogP contribution in [0.25, 0.3) is 10.2 Å². The molecule has 3 rings (SSSR count). The molecule has 0 spiro atoms. The highest BCUT2D eigenvalue weighted by Gasteiger charge is 2.08. The van der Waals surface area contributed by atoms with Gasteiger partial charge >= 0.3 is 0 Å². The lowest BCUT2D eigenvalue weighted by atomic mass is 10.2. The summed E-state index contributed by atoms with van der Waals surface area (Å²) < 4.78 is 0.673. The van der Waals surface area contributed by atoms with Gasteiger partial charge in [0.05, 0.1) is 17.8 Å². The van der Waals surface area contributed by atoms with Crippen LogP contribution >= 0.6 is 11.3 Å². The van der Waals surface area contributed by atoms with Gasteiger partial charge < -0.3 is 10.3 Å². The predicted octanol–water partition coefficient (Wildman–Crippen LogP) is 2.23. The van der Waals surface area contributed by atoms with Crippen molar-refractivity contribution in [3.05, 3.63) is 57.7 Å². The Morgan fingerprint density at radius 1 is 1.40 bits per heavy atom. The second-order valence-electron chi connectivity index (χ2n) is 4.50. The smallest absolute Gasteiger partial charge is 0.268 e. The first-order chi connectivity index (χ1) is 9.74. The summed E-state index contributed by atoms with van der Waals surface area (Å²) in [5.74, 6) is 0.642. The van der Waals surface area contributed by atoms with Gasteiger partial charge in [0, 0.05) is 12.2 Å². The molecule has 2 N–H and O–H groups in total. The monoisotopic (exact) mass is 286 g/mol. The zero-order valence-corrected chi connectivity index (χ0v) is 11.8. The van der Waals surface area contributed by atoms with E-state index in [-0.39, 0.29) is 11.6 Å². The fourth-order valence-electron chi connectivity index (χ4n) is 1.99. The van der Waals surface area contributed by atoms with Crippen LogP contribution in [0.15, 0.2) is 40.6 Å². The average molecular weight is 286 g/mol. The Morgan fingerprint density at radius 3 is 3.10 bits per heavy atom. The zero-order valence-electron chi connectivity index (χ0n) is 11.0. The Labute approximate surface area is 119 Å². The van der Waals surface area contributed by atoms with Crippen molar-refractivity contribution in [2.45, 2.75) is 19.5 Å². The van der Waals surface area contributed by atoms with Crippen LogP contribution < -0.4 is 10.9 Å². The molecule has 3 heterocycles. The number of H-pyrrole nitrogens is 1. The number of nitrogens with zero attached hydrogens (tertiary/aromatic N) is 2. The van der Waals surface area contributed by atoms with Crippen molar-refractivity contribution in [2.75, 3.05) is 0 Å². The molecule has 5 nitrogen and oxygen atoms in total. The second kappa shape index (κ2) is 5.52. The van der Waals surface area contributed by atoms with Gasteiger partial charge in [0.15, 0.2) is 0 Å². The predicted molar refractivity (Wildman–Crippen MR) is 79.7 cm³/mol. The second-order valence-corrected chi connectivity index (χ2v) is 5.42. The molecule has 0 saturated heterocycles. The van der Waals surface area contributed by atoms with E-state index < -0.39 is 0 Å². The summed E-state index contributed by atoms with van der Waals surface area (Å²) in [7, 11) is 0. The molecule has 0 aliphatic carbocycles. The standard InChI is InChI=1S/C14H14N4OS/c1-9(10-4-2-3-6-15-10)16-8-12-17-11-5-7-20-13(11)14(19)18-12/h2-7,9,16H,8H2,1H3,(H,17,18,19)/t9-/m0/s1. The molecule has 0 aliphatic rings. The van der Waals surface area contributed by atoms with Gasteiger partial charge in [0.1, 0.15) is 10.5 Å². The SMILES string of the molecule is C[C@H](NCc1nc2ccsc2c(=O)[nH]1)c1ccccn1. The van der Waals surface area contributed by atoms with E-state index in [1.54, 1.807) is 6.20 Å². The molecule has 0 amide bonds. The van der Waals surface area contributed by atoms with Crippen LogP contribution in [0.5, 0.6) is 0 Å². The van der Waals surface area contributed by atoms with E-state index in [2.05, 4.69) is 20.3 Å². The topological polar surface area (TPSA) is 70.7 Å². The summed E-state index contributed by atoms with van der Waals surface area (Å²) >= 11 is 1.41. The van der Waals surface area contributed by atoms with Crippen LogP contribution in [0.1, 0.15) is 24.5 Å². The van der Waals surface area contributed by atoms with Crippen molar-refractivity contribution in [2.24, 2.45) is 0 Å². The molecule has 0 bridgehead atoms. The number of hydrogen-bond donors (Lipinski definition) is 2. The quantitative estimate of drug-likeness (QED) is 0.771. The number of nitrogens with one attached hydrogen (secondary N) is 2. The lowest BCUT2D eigenvalue weighted by molar-refractivity contribution is 0.548. The lowest BCUT2D eigenvalue weighted by Gasteiger charge is -2.12. The first-order valence-electron chi connectivity index (χ1n) is 6.35. The molecule has 0 aromatic carbocycles. The molecule has 3 aromatic rings. The van der Waals surface area contributed by atoms with Crippen molar-refractivity contribution in [3.8, 4) is 0 Å². The Balaban J connectivity index is 1.75. The largest absolute Gasteiger partial charge is 0.308 e. The Bertz CT molecular complexity index is 765. The van der Waals surface area contributed by atoms with E-state index >= 15 is 0 Å². The maximum atomic E-state index is 11.9. The third-order valence-electron chi connectivity index (χ3n) is 3.07. The minimum Gasteiger partial charge on any atom is -0.308 e. The first-order valence-corrected chi connectivity index (χ1v) is 7.23. The van der Waals surface area contributed by atoms with Crippen LogP contribution in [0.2, 0.25) is 0 Å². The Hall–Kier alpha value is -2.05. The van der Waals surface area contributed by atoms with Crippen molar-refractivity contribution < 1.29 is 0 Å². The van der Waals surface area contributed by atoms with Crippen LogP contribution in [0.4, 0.5) is 0 Å². The number of aromatic nitrogens is 3. The Kier molecular flexibility index (Phi) is 3.58. The third kappa shape index (κ3) is 2.61. The average Bonchev–Trinajstić information content (AvgIpc) is 2.94. The summed E-state index contributed by atoms with van der Waals surface area (Å²) in [5.41, 5.74) is 1.64. The molecule has 0 saturated carbocycles. The number of rotatable bonds is 4. The molecule has 102 valence electrons. The van der Waals surface area contributed by atoms with Gasteiger partial charge in [-0.15, -0.1) is 11.3 Å². The van der Waals surface area contributed by atoms with Crippen LogP contribution in [-0.4, -0.2) is 15.0 Å². The van der Waals surface area contributed by atoms with Crippen LogP contribution in [-0.2, 0) is 6.54 Å². The number of thiophene rings is 1. The zero-order chi connectivity index (χ0) is 13.9. The molecule has 6 heteroatoms. The summed E-state index contributed by atoms with van der Waals surface area (Å²) in [6.07, 6.45) is 1.77. The van der Waals surface area contributed by atoms with Gasteiger partial charge in [0.25, 0.3) is 5.56 Å². The van der Waals surface area contributed by atoms with Crippen molar-refractivity contribution >= 4 is 21.6 Å². The molecule has 0 unspecified atom stereocenters. The summed E-state index contributed by atoms with van der Waals surface area (Å²) in [6.45, 7) is 2.53. The van der Waals surface area contributed by atoms with Crippen LogP contribution in [0.3, 0.4) is 0 Å². The summed E-state index contributed by atoms with van der Waals surface area (Å²) in [5, 5.41) is 5.18. The molecule has 0 radical (unpaired) electrons. The van der Waals surface area contributed by atoms with Gasteiger partial charge in [-0.25, -0.2) is 4.98 Å². The Morgan fingerprint density at radius 2 is 2.30 bits per heavy atom. The number of fused-ring (bicyclic) bond motifs is 1. The molecule has 3 aromatic heterocycles. The third-order valence-corrected chi connectivity index (χ3v) is 3.97. The van der Waals surface area contributed by atoms with Gasteiger partial charge in [-0.1, -0.05) is 6.07 Å². The van der Waals surface area contributed by atoms with Crippen molar-refractivity contribution in [1.29, 1.82) is 0 Å². The highest BCUT2D eigenvalue weighted by molar-refractivity contribution is 7.17. The number of pyridine rings is 1. The number of hydrogen-bond acceptors (Lipinski definition) is 5. The minimum absolute atomic E-state index is 0.0766. The highest BCUT2D eigenvalue weighted by Crippen LogP contribution is 2.14. The molecule has 1 atom stereocenters. The van der Waals surface area contributed by atoms with Gasteiger partial charge in [0.2, 0.25) is 0 Å². The van der Waals surface area contributed by atoms with Gasteiger partial charge in [-0.2, -0.15) is 0 Å². The fourth-order valence-corrected chi connectivity index (χ4v) is 2.72. The normalized spacial score (nSPS) is 12.7. The van der Waals surface area contributed by atoms with E-state index in [4.69, 9.17) is 0 Å². The maximum absolute atomic E-state index is 11.9. The molecule has 20 heavy (non-hydrogen) atoms. The molecular weight excluding hydrogens is 272 g/mol. The van der Waals surface area contributed by atoms with Gasteiger partial charge in [-0.05, 0) is 30.5 Å². The summed E-state index contributed by atoms with van der Waals surface area (Å²) in [6, 6.07) is 7.77. The van der Waals surface area contributed by atoms with E-state index in [0.717, 1.165) is 11.2 Å². The fraction of sp³-hybridized carbons (Fsp3) is 0.214. The minimum atomic E-state index is -0.0766. The van der Waals surface area contributed by atoms with Crippen LogP contribution in [0, 0.1) is 0 Å². The summed E-state index contributed by atoms with van der Waals surface area (Å²) in [4.78, 5) is 23.4. The van der Waals surface area contributed by atoms with E-state index in [1.807, 2.05) is 36.6 Å².